The van der Waals surface area contributed by atoms with Crippen molar-refractivity contribution in [2.24, 2.45) is 5.73 Å². The van der Waals surface area contributed by atoms with Crippen LogP contribution in [0.15, 0.2) is 11.0 Å². The van der Waals surface area contributed by atoms with E-state index in [1.165, 1.54) is 11.1 Å². The van der Waals surface area contributed by atoms with Crippen LogP contribution < -0.4 is 16.6 Å². The number of hydrogen-bond donors (Lipinski definition) is 2. The highest BCUT2D eigenvalue weighted by Gasteiger charge is 2.23. The van der Waals surface area contributed by atoms with Crippen molar-refractivity contribution in [1.82, 2.24) is 9.78 Å². The summed E-state index contributed by atoms with van der Waals surface area (Å²) in [7, 11) is 0. The second-order valence-electron chi connectivity index (χ2n) is 5.10. The normalized spacial score (nSPS) is 23.3. The molecule has 2 rings (SSSR count). The molecule has 5 nitrogen and oxygen atoms in total. The lowest BCUT2D eigenvalue weighted by molar-refractivity contribution is 0.403. The van der Waals surface area contributed by atoms with Gasteiger partial charge in [-0.15, -0.1) is 0 Å². The van der Waals surface area contributed by atoms with Crippen LogP contribution in [-0.4, -0.2) is 21.9 Å². The molecule has 2 atom stereocenters. The van der Waals surface area contributed by atoms with Crippen LogP contribution in [0, 0.1) is 0 Å². The van der Waals surface area contributed by atoms with Crippen molar-refractivity contribution in [1.29, 1.82) is 0 Å². The predicted molar refractivity (Wildman–Crippen MR) is 77.7 cm³/mol. The molecule has 1 aliphatic rings. The largest absolute Gasteiger partial charge is 0.378 e. The van der Waals surface area contributed by atoms with Crippen LogP contribution in [0.25, 0.3) is 0 Å². The lowest BCUT2D eigenvalue weighted by Crippen LogP contribution is -2.43. The summed E-state index contributed by atoms with van der Waals surface area (Å²) in [6, 6.07) is 0.289. The van der Waals surface area contributed by atoms with Crippen LogP contribution in [0.4, 0.5) is 5.69 Å². The quantitative estimate of drug-likeness (QED) is 0.887. The van der Waals surface area contributed by atoms with Crippen molar-refractivity contribution >= 4 is 17.3 Å². The summed E-state index contributed by atoms with van der Waals surface area (Å²) in [5.74, 6) is 0. The SMILES string of the molecule is CCCn1ncc(N[C@@H]2CCCC[C@H]2N)c(Cl)c1=O. The highest BCUT2D eigenvalue weighted by Crippen LogP contribution is 2.23. The third kappa shape index (κ3) is 3.28. The fraction of sp³-hybridized carbons (Fsp3) is 0.692. The first-order valence-electron chi connectivity index (χ1n) is 6.91. The maximum Gasteiger partial charge on any atom is 0.287 e. The van der Waals surface area contributed by atoms with Crippen molar-refractivity contribution in [2.75, 3.05) is 5.32 Å². The summed E-state index contributed by atoms with van der Waals surface area (Å²) in [6.45, 7) is 2.58. The molecule has 1 aromatic heterocycles. The van der Waals surface area contributed by atoms with Gasteiger partial charge in [0.1, 0.15) is 5.02 Å². The van der Waals surface area contributed by atoms with E-state index in [0.717, 1.165) is 25.7 Å². The topological polar surface area (TPSA) is 72.9 Å². The average Bonchev–Trinajstić information content (AvgIpc) is 2.41. The highest BCUT2D eigenvalue weighted by molar-refractivity contribution is 6.32. The molecule has 1 saturated carbocycles. The molecule has 0 unspecified atom stereocenters. The van der Waals surface area contributed by atoms with Crippen molar-refractivity contribution in [3.8, 4) is 0 Å². The van der Waals surface area contributed by atoms with Gasteiger partial charge in [-0.1, -0.05) is 31.4 Å². The summed E-state index contributed by atoms with van der Waals surface area (Å²) in [4.78, 5) is 12.0. The first-order valence-corrected chi connectivity index (χ1v) is 7.29. The third-order valence-electron chi connectivity index (χ3n) is 3.58. The van der Waals surface area contributed by atoms with E-state index >= 15 is 0 Å². The molecule has 0 bridgehead atoms. The predicted octanol–water partition coefficient (Wildman–Crippen LogP) is 1.99. The van der Waals surface area contributed by atoms with Gasteiger partial charge in [-0.25, -0.2) is 4.68 Å². The summed E-state index contributed by atoms with van der Waals surface area (Å²) in [5.41, 5.74) is 6.44. The van der Waals surface area contributed by atoms with Crippen LogP contribution in [0.5, 0.6) is 0 Å². The van der Waals surface area contributed by atoms with Gasteiger partial charge in [-0.3, -0.25) is 4.79 Å². The van der Waals surface area contributed by atoms with E-state index in [9.17, 15) is 4.79 Å². The zero-order chi connectivity index (χ0) is 13.8. The molecule has 0 saturated heterocycles. The van der Waals surface area contributed by atoms with E-state index < -0.39 is 0 Å². The Morgan fingerprint density at radius 2 is 2.26 bits per heavy atom. The maximum atomic E-state index is 12.0. The summed E-state index contributed by atoms with van der Waals surface area (Å²) < 4.78 is 1.40. The molecule has 0 aromatic carbocycles. The Bertz CT molecular complexity index is 488. The number of rotatable bonds is 4. The Balaban J connectivity index is 2.16. The molecule has 1 fully saturated rings. The van der Waals surface area contributed by atoms with Crippen LogP contribution in [0.3, 0.4) is 0 Å². The number of aromatic nitrogens is 2. The zero-order valence-electron chi connectivity index (χ0n) is 11.2. The fourth-order valence-corrected chi connectivity index (χ4v) is 2.68. The van der Waals surface area contributed by atoms with Crippen molar-refractivity contribution < 1.29 is 0 Å². The summed E-state index contributed by atoms with van der Waals surface area (Å²) in [6.07, 6.45) is 6.82. The second-order valence-corrected chi connectivity index (χ2v) is 5.48. The second kappa shape index (κ2) is 6.39. The van der Waals surface area contributed by atoms with Crippen molar-refractivity contribution in [3.05, 3.63) is 21.6 Å². The summed E-state index contributed by atoms with van der Waals surface area (Å²) in [5, 5.41) is 7.62. The molecule has 1 aliphatic carbocycles. The number of anilines is 1. The van der Waals surface area contributed by atoms with Gasteiger partial charge >= 0.3 is 0 Å². The van der Waals surface area contributed by atoms with Crippen LogP contribution >= 0.6 is 11.6 Å². The van der Waals surface area contributed by atoms with E-state index in [0.29, 0.717) is 12.2 Å². The molecule has 0 aliphatic heterocycles. The van der Waals surface area contributed by atoms with Crippen LogP contribution in [0.2, 0.25) is 5.02 Å². The number of aryl methyl sites for hydroxylation is 1. The Hall–Kier alpha value is -1.07. The minimum atomic E-state index is -0.238. The van der Waals surface area contributed by atoms with E-state index in [-0.39, 0.29) is 22.7 Å². The maximum absolute atomic E-state index is 12.0. The number of hydrogen-bond acceptors (Lipinski definition) is 4. The standard InChI is InChI=1S/C13H21ClN4O/c1-2-7-18-13(19)12(14)11(8-16-18)17-10-6-4-3-5-9(10)15/h8-10,17H,2-7,15H2,1H3/t9-,10-/m1/s1. The smallest absolute Gasteiger partial charge is 0.287 e. The summed E-state index contributed by atoms with van der Waals surface area (Å²) >= 11 is 6.12. The van der Waals surface area contributed by atoms with Gasteiger partial charge in [0.05, 0.1) is 11.9 Å². The van der Waals surface area contributed by atoms with Crippen molar-refractivity contribution in [3.63, 3.8) is 0 Å². The molecule has 0 spiro atoms. The minimum Gasteiger partial charge on any atom is -0.378 e. The van der Waals surface area contributed by atoms with Gasteiger partial charge in [0.25, 0.3) is 5.56 Å². The zero-order valence-corrected chi connectivity index (χ0v) is 12.0. The Labute approximate surface area is 118 Å². The van der Waals surface area contributed by atoms with Gasteiger partial charge in [0, 0.05) is 18.6 Å². The van der Waals surface area contributed by atoms with Gasteiger partial charge in [0.15, 0.2) is 0 Å². The number of nitrogens with zero attached hydrogens (tertiary/aromatic N) is 2. The van der Waals surface area contributed by atoms with E-state index in [1.54, 1.807) is 6.20 Å². The van der Waals surface area contributed by atoms with E-state index in [2.05, 4.69) is 10.4 Å². The molecule has 106 valence electrons. The molecule has 6 heteroatoms. The van der Waals surface area contributed by atoms with E-state index in [1.807, 2.05) is 6.92 Å². The first-order chi connectivity index (χ1) is 9.13. The molecule has 19 heavy (non-hydrogen) atoms. The van der Waals surface area contributed by atoms with Gasteiger partial charge in [0.2, 0.25) is 0 Å². The third-order valence-corrected chi connectivity index (χ3v) is 3.95. The molecule has 0 radical (unpaired) electrons. The van der Waals surface area contributed by atoms with Gasteiger partial charge < -0.3 is 11.1 Å². The molecule has 3 N–H and O–H groups in total. The Morgan fingerprint density at radius 3 is 2.95 bits per heavy atom. The number of halogens is 1. The minimum absolute atomic E-state index is 0.114. The first kappa shape index (κ1) is 14.3. The van der Waals surface area contributed by atoms with Crippen LogP contribution in [-0.2, 0) is 6.54 Å². The lowest BCUT2D eigenvalue weighted by Gasteiger charge is -2.30. The van der Waals surface area contributed by atoms with Crippen molar-refractivity contribution in [2.45, 2.75) is 57.7 Å². The van der Waals surface area contributed by atoms with Crippen LogP contribution in [0.1, 0.15) is 39.0 Å². The van der Waals surface area contributed by atoms with E-state index in [4.69, 9.17) is 17.3 Å². The van der Waals surface area contributed by atoms with Gasteiger partial charge in [-0.2, -0.15) is 5.10 Å². The average molecular weight is 285 g/mol. The fourth-order valence-electron chi connectivity index (χ4n) is 2.48. The van der Waals surface area contributed by atoms with Gasteiger partial charge in [-0.05, 0) is 19.3 Å². The number of nitrogens with one attached hydrogen (secondary N) is 1. The monoisotopic (exact) mass is 284 g/mol. The molecular weight excluding hydrogens is 264 g/mol. The molecule has 1 aromatic rings. The number of nitrogens with two attached hydrogens (primary N) is 1. The lowest BCUT2D eigenvalue weighted by atomic mass is 9.91. The highest BCUT2D eigenvalue weighted by atomic mass is 35.5. The molecule has 1 heterocycles. The Morgan fingerprint density at radius 1 is 1.53 bits per heavy atom. The Kier molecular flexibility index (Phi) is 4.82. The molecular formula is C13H21ClN4O. The molecule has 0 amide bonds.